The first-order valence-electron chi connectivity index (χ1n) is 5.19. The average molecular weight is 278 g/mol. The van der Waals surface area contributed by atoms with Crippen LogP contribution in [0.1, 0.15) is 0 Å². The Hall–Kier alpha value is -0.970. The van der Waals surface area contributed by atoms with Gasteiger partial charge >= 0.3 is 29.6 Å². The Morgan fingerprint density at radius 3 is 2.79 bits per heavy atom. The van der Waals surface area contributed by atoms with Gasteiger partial charge in [-0.3, -0.25) is 14.3 Å². The number of nitrogens with two attached hydrogens (primary N) is 1. The van der Waals surface area contributed by atoms with Gasteiger partial charge in [-0.25, -0.2) is 4.98 Å². The van der Waals surface area contributed by atoms with E-state index in [1.54, 1.807) is 0 Å². The van der Waals surface area contributed by atoms with Gasteiger partial charge in [-0.1, -0.05) is 0 Å². The molecule has 0 unspecified atom stereocenters. The zero-order chi connectivity index (χ0) is 13.1. The van der Waals surface area contributed by atoms with Crippen molar-refractivity contribution in [3.63, 3.8) is 0 Å². The molecular weight excluding hydrogens is 265 g/mol. The molecule has 5 N–H and O–H groups in total. The Morgan fingerprint density at radius 2 is 2.16 bits per heavy atom. The van der Waals surface area contributed by atoms with E-state index in [0.717, 1.165) is 0 Å². The third kappa shape index (κ3) is 3.53. The molecule has 0 aliphatic carbocycles. The second-order valence-electron chi connectivity index (χ2n) is 3.62. The SMILES string of the molecule is Nc1nc2c(ncn2COC(CO)CO)c(=O)[nH]1.[Na+]. The summed E-state index contributed by atoms with van der Waals surface area (Å²) < 4.78 is 6.66. The smallest absolute Gasteiger partial charge is 0.394 e. The van der Waals surface area contributed by atoms with Crippen LogP contribution in [-0.4, -0.2) is 49.0 Å². The monoisotopic (exact) mass is 278 g/mol. The number of hydrogen-bond acceptors (Lipinski definition) is 7. The van der Waals surface area contributed by atoms with Crippen molar-refractivity contribution in [1.82, 2.24) is 19.5 Å². The number of aliphatic hydroxyl groups is 2. The van der Waals surface area contributed by atoms with Crippen molar-refractivity contribution in [2.75, 3.05) is 18.9 Å². The number of nitrogen functional groups attached to an aromatic ring is 1. The van der Waals surface area contributed by atoms with Gasteiger partial charge in [0.25, 0.3) is 5.56 Å². The van der Waals surface area contributed by atoms with Gasteiger partial charge in [-0.15, -0.1) is 0 Å². The Bertz CT molecular complexity index is 594. The number of H-pyrrole nitrogens is 1. The topological polar surface area (TPSA) is 139 Å². The van der Waals surface area contributed by atoms with Gasteiger partial charge in [0, 0.05) is 0 Å². The molecular formula is C9H13N5NaO4+. The van der Waals surface area contributed by atoms with Crippen molar-refractivity contribution in [1.29, 1.82) is 0 Å². The van der Waals surface area contributed by atoms with Crippen LogP contribution in [-0.2, 0) is 11.5 Å². The number of aliphatic hydroxyl groups excluding tert-OH is 2. The summed E-state index contributed by atoms with van der Waals surface area (Å²) in [5.41, 5.74) is 5.43. The molecule has 10 heteroatoms. The van der Waals surface area contributed by atoms with Crippen molar-refractivity contribution in [3.8, 4) is 0 Å². The van der Waals surface area contributed by atoms with Gasteiger partial charge in [0.2, 0.25) is 5.95 Å². The first-order chi connectivity index (χ1) is 8.65. The van der Waals surface area contributed by atoms with Gasteiger partial charge in [0.1, 0.15) is 12.8 Å². The molecule has 2 heterocycles. The van der Waals surface area contributed by atoms with Crippen molar-refractivity contribution >= 4 is 17.1 Å². The standard InChI is InChI=1S/C9H13N5O4.Na/c10-9-12-7-6(8(17)13-9)11-3-14(7)4-18-5(1-15)2-16;/h3,5,15-16H,1-2,4H2,(H3,10,12,13,17);/q;+1. The van der Waals surface area contributed by atoms with Crippen molar-refractivity contribution in [2.24, 2.45) is 0 Å². The van der Waals surface area contributed by atoms with Crippen LogP contribution in [0.2, 0.25) is 0 Å². The number of nitrogens with one attached hydrogen (secondary N) is 1. The summed E-state index contributed by atoms with van der Waals surface area (Å²) in [4.78, 5) is 21.6. The maximum Gasteiger partial charge on any atom is 1.00 e. The number of fused-ring (bicyclic) bond motifs is 1. The number of nitrogens with zero attached hydrogens (tertiary/aromatic N) is 3. The number of rotatable bonds is 5. The molecule has 98 valence electrons. The van der Waals surface area contributed by atoms with Crippen molar-refractivity contribution in [2.45, 2.75) is 12.8 Å². The molecule has 0 radical (unpaired) electrons. The number of aromatic nitrogens is 4. The summed E-state index contributed by atoms with van der Waals surface area (Å²) in [5, 5.41) is 17.7. The molecule has 0 atom stereocenters. The van der Waals surface area contributed by atoms with Gasteiger partial charge in [-0.05, 0) is 0 Å². The van der Waals surface area contributed by atoms with Gasteiger partial charge in [0.15, 0.2) is 11.2 Å². The molecule has 0 aromatic carbocycles. The van der Waals surface area contributed by atoms with E-state index >= 15 is 0 Å². The summed E-state index contributed by atoms with van der Waals surface area (Å²) in [7, 11) is 0. The maximum atomic E-state index is 11.5. The molecule has 2 aromatic heterocycles. The van der Waals surface area contributed by atoms with E-state index in [9.17, 15) is 4.79 Å². The molecule has 0 saturated heterocycles. The predicted octanol–water partition coefficient (Wildman–Crippen LogP) is -4.97. The minimum Gasteiger partial charge on any atom is -0.394 e. The minimum absolute atomic E-state index is 0. The third-order valence-electron chi connectivity index (χ3n) is 2.35. The number of aromatic amines is 1. The van der Waals surface area contributed by atoms with Crippen molar-refractivity contribution < 1.29 is 44.5 Å². The normalized spacial score (nSPS) is 10.9. The van der Waals surface area contributed by atoms with E-state index in [1.165, 1.54) is 10.9 Å². The fraction of sp³-hybridized carbons (Fsp3) is 0.444. The summed E-state index contributed by atoms with van der Waals surface area (Å²) in [6.45, 7) is -0.614. The Kier molecular flexibility index (Phi) is 5.91. The van der Waals surface area contributed by atoms with E-state index in [-0.39, 0.29) is 66.6 Å². The molecule has 2 aromatic rings. The van der Waals surface area contributed by atoms with Gasteiger partial charge in [-0.2, -0.15) is 4.98 Å². The third-order valence-corrected chi connectivity index (χ3v) is 2.35. The number of anilines is 1. The van der Waals surface area contributed by atoms with E-state index in [0.29, 0.717) is 0 Å². The summed E-state index contributed by atoms with van der Waals surface area (Å²) in [6.07, 6.45) is 0.680. The predicted molar refractivity (Wildman–Crippen MR) is 61.6 cm³/mol. The second-order valence-corrected chi connectivity index (χ2v) is 3.62. The molecule has 0 saturated carbocycles. The van der Waals surface area contributed by atoms with Crippen molar-refractivity contribution in [3.05, 3.63) is 16.7 Å². The average Bonchev–Trinajstić information content (AvgIpc) is 2.74. The molecule has 19 heavy (non-hydrogen) atoms. The Labute approximate surface area is 129 Å². The Balaban J connectivity index is 0.00000180. The molecule has 0 aliphatic rings. The summed E-state index contributed by atoms with van der Waals surface area (Å²) in [6, 6.07) is 0. The quantitative estimate of drug-likeness (QED) is 0.402. The summed E-state index contributed by atoms with van der Waals surface area (Å²) in [5.74, 6) is -0.0184. The van der Waals surface area contributed by atoms with E-state index < -0.39 is 11.7 Å². The first kappa shape index (κ1) is 16.1. The fourth-order valence-electron chi connectivity index (χ4n) is 1.41. The largest absolute Gasteiger partial charge is 1.00 e. The number of hydrogen-bond donors (Lipinski definition) is 4. The molecule has 0 spiro atoms. The molecule has 0 fully saturated rings. The van der Waals surface area contributed by atoms with Crippen LogP contribution in [0.5, 0.6) is 0 Å². The Morgan fingerprint density at radius 1 is 1.47 bits per heavy atom. The molecule has 9 nitrogen and oxygen atoms in total. The maximum absolute atomic E-state index is 11.5. The zero-order valence-electron chi connectivity index (χ0n) is 10.4. The minimum atomic E-state index is -0.693. The molecule has 0 aliphatic heterocycles. The van der Waals surface area contributed by atoms with E-state index in [2.05, 4.69) is 15.0 Å². The van der Waals surface area contributed by atoms with Crippen LogP contribution in [0, 0.1) is 0 Å². The second kappa shape index (κ2) is 6.98. The van der Waals surface area contributed by atoms with Crippen LogP contribution in [0.4, 0.5) is 5.95 Å². The molecule has 2 rings (SSSR count). The molecule has 0 bridgehead atoms. The van der Waals surface area contributed by atoms with Crippen LogP contribution < -0.4 is 40.9 Å². The summed E-state index contributed by atoms with van der Waals surface area (Å²) >= 11 is 0. The number of ether oxygens (including phenoxy) is 1. The van der Waals surface area contributed by atoms with Crippen LogP contribution in [0.3, 0.4) is 0 Å². The van der Waals surface area contributed by atoms with Crippen LogP contribution >= 0.6 is 0 Å². The number of imidazole rings is 1. The molecule has 0 amide bonds. The zero-order valence-corrected chi connectivity index (χ0v) is 12.4. The van der Waals surface area contributed by atoms with Crippen LogP contribution in [0.25, 0.3) is 11.2 Å². The van der Waals surface area contributed by atoms with Gasteiger partial charge < -0.3 is 20.7 Å². The van der Waals surface area contributed by atoms with E-state index in [1.807, 2.05) is 0 Å². The van der Waals surface area contributed by atoms with E-state index in [4.69, 9.17) is 20.7 Å². The van der Waals surface area contributed by atoms with Gasteiger partial charge in [0.05, 0.1) is 19.5 Å². The van der Waals surface area contributed by atoms with Crippen LogP contribution in [0.15, 0.2) is 11.1 Å². The fourth-order valence-corrected chi connectivity index (χ4v) is 1.41. The first-order valence-corrected chi connectivity index (χ1v) is 5.19.